The Morgan fingerprint density at radius 3 is 1.41 bits per heavy atom. The molecule has 11 aromatic carbocycles. The van der Waals surface area contributed by atoms with Gasteiger partial charge in [0.25, 0.3) is 0 Å². The first-order chi connectivity index (χ1) is 30.0. The number of benzene rings is 11. The average Bonchev–Trinajstić information content (AvgIpc) is 3.53. The Morgan fingerprint density at radius 1 is 0.311 bits per heavy atom. The fraction of sp³-hybridized carbons (Fsp3) is 0.0508. The lowest BCUT2D eigenvalue weighted by Crippen LogP contribution is -2.19. The summed E-state index contributed by atoms with van der Waals surface area (Å²) in [6.45, 7) is 4.86. The molecule has 0 bridgehead atoms. The van der Waals surface area contributed by atoms with E-state index in [2.05, 4.69) is 218 Å². The molecule has 0 fully saturated rings. The van der Waals surface area contributed by atoms with Crippen molar-refractivity contribution in [3.8, 4) is 33.4 Å². The molecule has 0 radical (unpaired) electrons. The standard InChI is InChI=1S/C59H38N2/c1-59(2)49-33-41(60-51-25-11-19-35-17-9-23-44(56(35)51)47-29-37-13-3-5-15-39(37)31-53(47)60)27-28-46(49)58-43-22-8-7-21-42(43)55(34-50(58)59)61-52-26-12-20-36-18-10-24-45(57(36)52)48-30-38-14-4-6-16-40(38)32-54(48)61/h3-34H,1-2H3. The zero-order chi connectivity index (χ0) is 40.1. The van der Waals surface area contributed by atoms with Crippen LogP contribution in [0.1, 0.15) is 25.0 Å². The Labute approximate surface area is 354 Å². The number of anilines is 6. The number of nitrogens with zero attached hydrogens (tertiary/aromatic N) is 2. The van der Waals surface area contributed by atoms with E-state index in [1.54, 1.807) is 0 Å². The van der Waals surface area contributed by atoms with E-state index in [1.165, 1.54) is 132 Å². The maximum atomic E-state index is 2.57. The van der Waals surface area contributed by atoms with Gasteiger partial charge >= 0.3 is 0 Å². The van der Waals surface area contributed by atoms with Gasteiger partial charge in [0.2, 0.25) is 0 Å². The van der Waals surface area contributed by atoms with Crippen molar-refractivity contribution in [1.82, 2.24) is 0 Å². The molecule has 11 aromatic rings. The minimum absolute atomic E-state index is 0.280. The summed E-state index contributed by atoms with van der Waals surface area (Å²) in [5.74, 6) is 0. The molecule has 2 heterocycles. The van der Waals surface area contributed by atoms with Crippen LogP contribution in [0.3, 0.4) is 0 Å². The summed E-state index contributed by atoms with van der Waals surface area (Å²) < 4.78 is 0. The van der Waals surface area contributed by atoms with Crippen molar-refractivity contribution in [1.29, 1.82) is 0 Å². The van der Waals surface area contributed by atoms with Gasteiger partial charge in [0, 0.05) is 38.4 Å². The summed E-state index contributed by atoms with van der Waals surface area (Å²) in [5, 5.41) is 12.7. The van der Waals surface area contributed by atoms with Crippen LogP contribution in [0.2, 0.25) is 0 Å². The zero-order valence-electron chi connectivity index (χ0n) is 33.9. The van der Waals surface area contributed by atoms with Crippen LogP contribution in [0.25, 0.3) is 87.2 Å². The van der Waals surface area contributed by atoms with Crippen LogP contribution < -0.4 is 9.80 Å². The molecule has 0 atom stereocenters. The molecular formula is C59H38N2. The normalized spacial score (nSPS) is 14.1. The molecule has 0 saturated carbocycles. The van der Waals surface area contributed by atoms with Crippen LogP contribution in [0.4, 0.5) is 34.1 Å². The van der Waals surface area contributed by atoms with E-state index in [4.69, 9.17) is 0 Å². The lowest BCUT2D eigenvalue weighted by molar-refractivity contribution is 0.661. The monoisotopic (exact) mass is 774 g/mol. The minimum atomic E-state index is -0.280. The van der Waals surface area contributed by atoms with Gasteiger partial charge in [0.1, 0.15) is 0 Å². The lowest BCUT2D eigenvalue weighted by atomic mass is 9.81. The zero-order valence-corrected chi connectivity index (χ0v) is 33.9. The fourth-order valence-corrected chi connectivity index (χ4v) is 11.4. The Kier molecular flexibility index (Phi) is 6.39. The molecule has 3 aliphatic rings. The molecule has 0 aromatic heterocycles. The maximum absolute atomic E-state index is 2.57. The molecular weight excluding hydrogens is 737 g/mol. The van der Waals surface area contributed by atoms with Gasteiger partial charge in [-0.2, -0.15) is 0 Å². The number of rotatable bonds is 2. The second kappa shape index (κ2) is 11.7. The largest absolute Gasteiger partial charge is 0.309 e. The predicted octanol–water partition coefficient (Wildman–Crippen LogP) is 16.7. The molecule has 1 aliphatic carbocycles. The molecule has 14 rings (SSSR count). The summed E-state index contributed by atoms with van der Waals surface area (Å²) in [6, 6.07) is 73.1. The third kappa shape index (κ3) is 4.36. The van der Waals surface area contributed by atoms with E-state index in [9.17, 15) is 0 Å². The summed E-state index contributed by atoms with van der Waals surface area (Å²) in [5.41, 5.74) is 17.5. The van der Waals surface area contributed by atoms with E-state index in [1.807, 2.05) is 0 Å². The molecule has 284 valence electrons. The van der Waals surface area contributed by atoms with Crippen molar-refractivity contribution in [3.05, 3.63) is 205 Å². The quantitative estimate of drug-likeness (QED) is 0.173. The molecule has 2 aliphatic heterocycles. The van der Waals surface area contributed by atoms with E-state index in [0.29, 0.717) is 0 Å². The van der Waals surface area contributed by atoms with E-state index < -0.39 is 0 Å². The highest BCUT2D eigenvalue weighted by atomic mass is 15.2. The van der Waals surface area contributed by atoms with Gasteiger partial charge in [-0.25, -0.2) is 0 Å². The predicted molar refractivity (Wildman–Crippen MR) is 259 cm³/mol. The number of hydrogen-bond donors (Lipinski definition) is 0. The van der Waals surface area contributed by atoms with Crippen LogP contribution >= 0.6 is 0 Å². The first kappa shape index (κ1) is 33.2. The van der Waals surface area contributed by atoms with Gasteiger partial charge < -0.3 is 9.80 Å². The second-order valence-corrected chi connectivity index (χ2v) is 17.7. The van der Waals surface area contributed by atoms with E-state index in [-0.39, 0.29) is 5.41 Å². The average molecular weight is 775 g/mol. The Morgan fingerprint density at radius 2 is 0.803 bits per heavy atom. The van der Waals surface area contributed by atoms with Gasteiger partial charge in [0.05, 0.1) is 28.4 Å². The van der Waals surface area contributed by atoms with Crippen molar-refractivity contribution in [2.45, 2.75) is 19.3 Å². The Bertz CT molecular complexity index is 3750. The molecule has 0 amide bonds. The van der Waals surface area contributed by atoms with Crippen LogP contribution in [-0.2, 0) is 5.41 Å². The molecule has 0 N–H and O–H groups in total. The Balaban J connectivity index is 1.01. The second-order valence-electron chi connectivity index (χ2n) is 17.7. The minimum Gasteiger partial charge on any atom is -0.309 e. The van der Waals surface area contributed by atoms with Crippen molar-refractivity contribution in [2.24, 2.45) is 0 Å². The molecule has 0 saturated heterocycles. The highest BCUT2D eigenvalue weighted by Gasteiger charge is 2.40. The molecule has 2 heteroatoms. The maximum Gasteiger partial charge on any atom is 0.0547 e. The third-order valence-electron chi connectivity index (χ3n) is 14.2. The van der Waals surface area contributed by atoms with Gasteiger partial charge in [-0.05, 0) is 126 Å². The number of fused-ring (bicyclic) bond motifs is 11. The molecule has 0 unspecified atom stereocenters. The van der Waals surface area contributed by atoms with E-state index >= 15 is 0 Å². The van der Waals surface area contributed by atoms with Crippen LogP contribution in [0.15, 0.2) is 194 Å². The third-order valence-corrected chi connectivity index (χ3v) is 14.2. The van der Waals surface area contributed by atoms with Gasteiger partial charge in [-0.15, -0.1) is 0 Å². The summed E-state index contributed by atoms with van der Waals surface area (Å²) >= 11 is 0. The Hall–Kier alpha value is -7.68. The smallest absolute Gasteiger partial charge is 0.0547 e. The van der Waals surface area contributed by atoms with Crippen molar-refractivity contribution in [3.63, 3.8) is 0 Å². The summed E-state index contributed by atoms with van der Waals surface area (Å²) in [6.07, 6.45) is 0. The summed E-state index contributed by atoms with van der Waals surface area (Å²) in [4.78, 5) is 5.09. The fourth-order valence-electron chi connectivity index (χ4n) is 11.4. The van der Waals surface area contributed by atoms with Crippen LogP contribution in [0, 0.1) is 0 Å². The van der Waals surface area contributed by atoms with Gasteiger partial charge in [-0.1, -0.05) is 153 Å². The van der Waals surface area contributed by atoms with Crippen molar-refractivity contribution >= 4 is 88.0 Å². The lowest BCUT2D eigenvalue weighted by Gasteiger charge is -2.35. The van der Waals surface area contributed by atoms with Gasteiger partial charge in [-0.3, -0.25) is 0 Å². The molecule has 61 heavy (non-hydrogen) atoms. The topological polar surface area (TPSA) is 6.48 Å². The molecule has 0 spiro atoms. The van der Waals surface area contributed by atoms with Crippen LogP contribution in [0.5, 0.6) is 0 Å². The first-order valence-electron chi connectivity index (χ1n) is 21.4. The van der Waals surface area contributed by atoms with Crippen molar-refractivity contribution < 1.29 is 0 Å². The number of hydrogen-bond acceptors (Lipinski definition) is 2. The van der Waals surface area contributed by atoms with Crippen LogP contribution in [-0.4, -0.2) is 0 Å². The highest BCUT2D eigenvalue weighted by molar-refractivity contribution is 6.20. The SMILES string of the molecule is CC1(C)c2cc(N3c4cc5ccccc5cc4-c4cccc5cccc3c45)ccc2-c2c1cc(N1c3cc4ccccc4cc3-c3cccc4cccc1c34)c1ccccc21. The molecule has 2 nitrogen and oxygen atoms in total. The van der Waals surface area contributed by atoms with Crippen molar-refractivity contribution in [2.75, 3.05) is 9.80 Å². The van der Waals surface area contributed by atoms with Gasteiger partial charge in [0.15, 0.2) is 0 Å². The van der Waals surface area contributed by atoms with E-state index in [0.717, 1.165) is 0 Å². The summed E-state index contributed by atoms with van der Waals surface area (Å²) in [7, 11) is 0. The highest BCUT2D eigenvalue weighted by Crippen LogP contribution is 2.59. The first-order valence-corrected chi connectivity index (χ1v) is 21.4.